The fraction of sp³-hybridized carbons (Fsp3) is 0.545. The summed E-state index contributed by atoms with van der Waals surface area (Å²) >= 11 is 6.81. The number of carbonyl (C=O) groups is 1. The molecule has 0 radical (unpaired) electrons. The average Bonchev–Trinajstić information content (AvgIpc) is 3.12. The molecule has 9 nitrogen and oxygen atoms in total. The quantitative estimate of drug-likeness (QED) is 0.292. The summed E-state index contributed by atoms with van der Waals surface area (Å²) in [6.07, 6.45) is 7.54. The Hall–Kier alpha value is -2.63. The molecule has 1 saturated carbocycles. The Morgan fingerprint density at radius 3 is 2.70 bits per heavy atom. The third kappa shape index (κ3) is 6.51. The van der Waals surface area contributed by atoms with Gasteiger partial charge >= 0.3 is 5.97 Å². The number of carboxylic acid groups (broad SMARTS) is 1. The van der Waals surface area contributed by atoms with Crippen LogP contribution in [0.15, 0.2) is 48.6 Å². The highest BCUT2D eigenvalue weighted by atomic mass is 35.5. The van der Waals surface area contributed by atoms with Crippen molar-refractivity contribution in [2.45, 2.75) is 74.7 Å². The van der Waals surface area contributed by atoms with Gasteiger partial charge in [-0.15, -0.1) is 0 Å². The van der Waals surface area contributed by atoms with Crippen LogP contribution in [0.3, 0.4) is 0 Å². The van der Waals surface area contributed by atoms with Gasteiger partial charge in [0.1, 0.15) is 11.0 Å². The van der Waals surface area contributed by atoms with Crippen molar-refractivity contribution in [3.8, 4) is 5.75 Å². The van der Waals surface area contributed by atoms with Gasteiger partial charge in [-0.25, -0.2) is 18.4 Å². The van der Waals surface area contributed by atoms with Gasteiger partial charge in [0.25, 0.3) is 0 Å². The minimum atomic E-state index is -3.77. The van der Waals surface area contributed by atoms with Crippen molar-refractivity contribution < 1.29 is 32.9 Å². The first kappa shape index (κ1) is 32.8. The number of aromatic carboxylic acids is 1. The Kier molecular flexibility index (Phi) is 9.96. The standard InChI is InChI=1S/C33H43ClN2O7S/c1-3-29(44(35,40)41)27(42-2)12-6-11-26(37)23-14-13-22(23)18-36-19-33(17-7-9-21-8-4-5-10-25(21)33)20-43-28-16-15-24(32(38)39)30(34)31(28)36/h4-6,8,10-11,15-16,22-23,26-27,29,37H,3,7,9,12-14,17-20H2,1-2H3,(H,38,39)(H2,35,40,41)/b11-6+/t22-,23+,26-,27+,29+,33-/m0/s1. The Balaban J connectivity index is 1.39. The molecule has 2 aromatic carbocycles. The normalized spacial score (nSPS) is 25.3. The molecule has 0 saturated heterocycles. The Labute approximate surface area is 265 Å². The third-order valence-electron chi connectivity index (χ3n) is 9.93. The molecule has 2 aliphatic carbocycles. The van der Waals surface area contributed by atoms with E-state index in [2.05, 4.69) is 29.2 Å². The van der Waals surface area contributed by atoms with E-state index in [-0.39, 0.29) is 27.8 Å². The number of sulfonamides is 1. The van der Waals surface area contributed by atoms with E-state index in [4.69, 9.17) is 26.2 Å². The summed E-state index contributed by atoms with van der Waals surface area (Å²) in [5.74, 6) is -0.408. The second kappa shape index (κ2) is 13.4. The molecule has 0 unspecified atom stereocenters. The van der Waals surface area contributed by atoms with Crippen LogP contribution in [0.2, 0.25) is 5.02 Å². The third-order valence-corrected chi connectivity index (χ3v) is 11.8. The van der Waals surface area contributed by atoms with E-state index in [0.29, 0.717) is 44.0 Å². The molecule has 11 heteroatoms. The van der Waals surface area contributed by atoms with Crippen LogP contribution in [0.4, 0.5) is 5.69 Å². The molecular weight excluding hydrogens is 604 g/mol. The van der Waals surface area contributed by atoms with Crippen molar-refractivity contribution in [3.05, 3.63) is 70.3 Å². The number of halogens is 1. The van der Waals surface area contributed by atoms with Crippen LogP contribution < -0.4 is 14.8 Å². The number of hydrogen-bond acceptors (Lipinski definition) is 7. The first-order valence-electron chi connectivity index (χ1n) is 15.4. The summed E-state index contributed by atoms with van der Waals surface area (Å²) in [4.78, 5) is 14.2. The van der Waals surface area contributed by atoms with Gasteiger partial charge in [-0.2, -0.15) is 0 Å². The average molecular weight is 647 g/mol. The number of fused-ring (bicyclic) bond motifs is 3. The molecule has 240 valence electrons. The van der Waals surface area contributed by atoms with Crippen LogP contribution in [0.5, 0.6) is 5.75 Å². The van der Waals surface area contributed by atoms with Gasteiger partial charge in [-0.05, 0) is 80.0 Å². The fourth-order valence-corrected chi connectivity index (χ4v) is 8.93. The predicted molar refractivity (Wildman–Crippen MR) is 171 cm³/mol. The summed E-state index contributed by atoms with van der Waals surface area (Å²) in [7, 11) is -2.30. The monoisotopic (exact) mass is 646 g/mol. The zero-order valence-corrected chi connectivity index (χ0v) is 26.9. The molecule has 1 heterocycles. The number of nitrogens with two attached hydrogens (primary N) is 1. The number of rotatable bonds is 11. The molecule has 4 N–H and O–H groups in total. The molecular formula is C33H43ClN2O7S. The topological polar surface area (TPSA) is 139 Å². The number of aliphatic hydroxyl groups excluding tert-OH is 1. The van der Waals surface area contributed by atoms with E-state index >= 15 is 0 Å². The first-order valence-corrected chi connectivity index (χ1v) is 17.4. The molecule has 5 rings (SSSR count). The van der Waals surface area contributed by atoms with E-state index in [1.807, 2.05) is 0 Å². The molecule has 0 bridgehead atoms. The van der Waals surface area contributed by atoms with Crippen LogP contribution in [-0.4, -0.2) is 68.9 Å². The highest BCUT2D eigenvalue weighted by Crippen LogP contribution is 2.48. The lowest BCUT2D eigenvalue weighted by Gasteiger charge is -2.45. The SMILES string of the molecule is CC[C@H]([C@@H](C/C=C/[C@H](O)[C@@H]1CC[C@H]1CN1C[C@@]2(CCCc3ccccc32)COc2ccc(C(=O)O)c(Cl)c21)OC)S(N)(=O)=O. The highest BCUT2D eigenvalue weighted by molar-refractivity contribution is 7.89. The number of nitrogens with zero attached hydrogens (tertiary/aromatic N) is 1. The van der Waals surface area contributed by atoms with E-state index < -0.39 is 33.5 Å². The van der Waals surface area contributed by atoms with E-state index in [9.17, 15) is 23.4 Å². The predicted octanol–water partition coefficient (Wildman–Crippen LogP) is 4.93. The van der Waals surface area contributed by atoms with Crippen LogP contribution >= 0.6 is 11.6 Å². The largest absolute Gasteiger partial charge is 0.490 e. The summed E-state index contributed by atoms with van der Waals surface area (Å²) in [5, 5.41) is 25.8. The molecule has 1 spiro atoms. The van der Waals surface area contributed by atoms with Crippen molar-refractivity contribution in [1.82, 2.24) is 0 Å². The molecule has 1 fully saturated rings. The zero-order valence-electron chi connectivity index (χ0n) is 25.3. The number of aliphatic hydroxyl groups is 1. The van der Waals surface area contributed by atoms with Crippen molar-refractivity contribution in [1.29, 1.82) is 0 Å². The van der Waals surface area contributed by atoms with Gasteiger partial charge < -0.3 is 24.6 Å². The van der Waals surface area contributed by atoms with Crippen molar-refractivity contribution in [2.24, 2.45) is 17.0 Å². The molecule has 1 aliphatic heterocycles. The number of ether oxygens (including phenoxy) is 2. The van der Waals surface area contributed by atoms with Gasteiger partial charge in [0.15, 0.2) is 0 Å². The number of carboxylic acids is 1. The molecule has 2 aromatic rings. The Morgan fingerprint density at radius 1 is 1.27 bits per heavy atom. The van der Waals surface area contributed by atoms with Gasteiger partial charge in [0.2, 0.25) is 10.0 Å². The maximum Gasteiger partial charge on any atom is 0.337 e. The maximum atomic E-state index is 12.0. The zero-order chi connectivity index (χ0) is 31.6. The number of aryl methyl sites for hydroxylation is 1. The molecule has 0 aromatic heterocycles. The van der Waals surface area contributed by atoms with Gasteiger partial charge in [0, 0.05) is 25.6 Å². The van der Waals surface area contributed by atoms with Crippen molar-refractivity contribution >= 4 is 33.3 Å². The fourth-order valence-electron chi connectivity index (χ4n) is 7.46. The summed E-state index contributed by atoms with van der Waals surface area (Å²) in [5.41, 5.74) is 2.93. The van der Waals surface area contributed by atoms with Crippen LogP contribution in [-0.2, 0) is 26.6 Å². The van der Waals surface area contributed by atoms with E-state index in [1.54, 1.807) is 25.1 Å². The van der Waals surface area contributed by atoms with Crippen LogP contribution in [0, 0.1) is 11.8 Å². The van der Waals surface area contributed by atoms with E-state index in [1.165, 1.54) is 24.3 Å². The summed E-state index contributed by atoms with van der Waals surface area (Å²) in [6, 6.07) is 11.7. The second-order valence-electron chi connectivity index (χ2n) is 12.5. The van der Waals surface area contributed by atoms with Gasteiger partial charge in [0.05, 0.1) is 35.1 Å². The second-order valence-corrected chi connectivity index (χ2v) is 14.7. The molecule has 6 atom stereocenters. The maximum absolute atomic E-state index is 12.0. The molecule has 0 amide bonds. The molecule has 3 aliphatic rings. The number of primary sulfonamides is 1. The summed E-state index contributed by atoms with van der Waals surface area (Å²) < 4.78 is 35.9. The van der Waals surface area contributed by atoms with Crippen molar-refractivity contribution in [2.75, 3.05) is 31.7 Å². The highest BCUT2D eigenvalue weighted by Gasteiger charge is 2.44. The van der Waals surface area contributed by atoms with Crippen LogP contribution in [0.1, 0.15) is 66.9 Å². The minimum absolute atomic E-state index is 0.0175. The van der Waals surface area contributed by atoms with Crippen molar-refractivity contribution in [3.63, 3.8) is 0 Å². The smallest absolute Gasteiger partial charge is 0.337 e. The lowest BCUT2D eigenvalue weighted by molar-refractivity contribution is 0.0451. The lowest BCUT2D eigenvalue weighted by Crippen LogP contribution is -2.49. The number of anilines is 1. The van der Waals surface area contributed by atoms with Crippen LogP contribution in [0.25, 0.3) is 0 Å². The Morgan fingerprint density at radius 2 is 2.05 bits per heavy atom. The molecule has 44 heavy (non-hydrogen) atoms. The number of benzene rings is 2. The van der Waals surface area contributed by atoms with Gasteiger partial charge in [-0.3, -0.25) is 0 Å². The van der Waals surface area contributed by atoms with Gasteiger partial charge in [-0.1, -0.05) is 54.9 Å². The lowest BCUT2D eigenvalue weighted by atomic mass is 9.68. The van der Waals surface area contributed by atoms with E-state index in [0.717, 1.165) is 32.1 Å². The number of methoxy groups -OCH3 is 1. The summed E-state index contributed by atoms with van der Waals surface area (Å²) in [6.45, 7) is 3.43. The number of hydrogen-bond donors (Lipinski definition) is 3. The first-order chi connectivity index (χ1) is 21.0. The Bertz CT molecular complexity index is 1500. The minimum Gasteiger partial charge on any atom is -0.490 e.